The van der Waals surface area contributed by atoms with E-state index in [2.05, 4.69) is 0 Å². The Bertz CT molecular complexity index is 651. The van der Waals surface area contributed by atoms with Crippen LogP contribution in [0.3, 0.4) is 0 Å². The average molecular weight is 287 g/mol. The van der Waals surface area contributed by atoms with Crippen molar-refractivity contribution in [3.05, 3.63) is 53.6 Å². The summed E-state index contributed by atoms with van der Waals surface area (Å²) in [5.41, 5.74) is 1.49. The van der Waals surface area contributed by atoms with Gasteiger partial charge in [-0.15, -0.1) is 0 Å². The Labute approximate surface area is 109 Å². The zero-order valence-electron chi connectivity index (χ0n) is 8.60. The van der Waals surface area contributed by atoms with Crippen molar-refractivity contribution >= 4 is 31.3 Å². The molecule has 0 unspecified atom stereocenters. The Morgan fingerprint density at radius 1 is 0.941 bits per heavy atom. The first-order valence-electron chi connectivity index (χ1n) is 4.78. The van der Waals surface area contributed by atoms with Crippen molar-refractivity contribution in [1.82, 2.24) is 0 Å². The summed E-state index contributed by atoms with van der Waals surface area (Å²) in [4.78, 5) is 0.0663. The predicted octanol–water partition coefficient (Wildman–Crippen LogP) is 3.93. The Balaban J connectivity index is 2.59. The van der Waals surface area contributed by atoms with E-state index in [1.807, 2.05) is 18.2 Å². The molecule has 0 aliphatic heterocycles. The molecule has 0 aromatic heterocycles. The lowest BCUT2D eigenvalue weighted by Crippen LogP contribution is -1.90. The normalized spacial score (nSPS) is 11.4. The largest absolute Gasteiger partial charge is 0.261 e. The maximum absolute atomic E-state index is 11.2. The SMILES string of the molecule is O=S(=O)(Cl)c1cccc(-c2ccccc2Cl)c1. The fraction of sp³-hybridized carbons (Fsp3) is 0. The second kappa shape index (κ2) is 4.69. The van der Waals surface area contributed by atoms with Crippen LogP contribution in [0.15, 0.2) is 53.4 Å². The summed E-state index contributed by atoms with van der Waals surface area (Å²) in [7, 11) is 1.58. The molecule has 0 saturated carbocycles. The summed E-state index contributed by atoms with van der Waals surface area (Å²) in [6.45, 7) is 0. The topological polar surface area (TPSA) is 34.1 Å². The third-order valence-corrected chi connectivity index (χ3v) is 3.98. The van der Waals surface area contributed by atoms with Crippen molar-refractivity contribution in [1.29, 1.82) is 0 Å². The molecular formula is C12H8Cl2O2S. The molecule has 2 nitrogen and oxygen atoms in total. The van der Waals surface area contributed by atoms with E-state index >= 15 is 0 Å². The van der Waals surface area contributed by atoms with Gasteiger partial charge in [0.05, 0.1) is 4.90 Å². The van der Waals surface area contributed by atoms with Crippen LogP contribution in [0, 0.1) is 0 Å². The minimum absolute atomic E-state index is 0.0663. The van der Waals surface area contributed by atoms with Gasteiger partial charge in [0, 0.05) is 21.3 Å². The van der Waals surface area contributed by atoms with Crippen molar-refractivity contribution in [2.24, 2.45) is 0 Å². The summed E-state index contributed by atoms with van der Waals surface area (Å²) in [5, 5.41) is 0.566. The van der Waals surface area contributed by atoms with Crippen LogP contribution in [0.1, 0.15) is 0 Å². The summed E-state index contributed by atoms with van der Waals surface area (Å²) in [6.07, 6.45) is 0. The minimum Gasteiger partial charge on any atom is -0.207 e. The van der Waals surface area contributed by atoms with Gasteiger partial charge in [-0.25, -0.2) is 8.42 Å². The van der Waals surface area contributed by atoms with Gasteiger partial charge in [-0.1, -0.05) is 41.9 Å². The van der Waals surface area contributed by atoms with Crippen LogP contribution in [-0.4, -0.2) is 8.42 Å². The van der Waals surface area contributed by atoms with E-state index in [0.29, 0.717) is 5.02 Å². The number of halogens is 2. The van der Waals surface area contributed by atoms with Crippen molar-refractivity contribution in [2.75, 3.05) is 0 Å². The van der Waals surface area contributed by atoms with Crippen LogP contribution in [-0.2, 0) is 9.05 Å². The summed E-state index contributed by atoms with van der Waals surface area (Å²) in [6, 6.07) is 13.6. The van der Waals surface area contributed by atoms with Gasteiger partial charge in [-0.3, -0.25) is 0 Å². The third-order valence-electron chi connectivity index (χ3n) is 2.30. The molecule has 0 saturated heterocycles. The first-order chi connectivity index (χ1) is 7.98. The minimum atomic E-state index is -3.72. The van der Waals surface area contributed by atoms with E-state index in [0.717, 1.165) is 11.1 Å². The summed E-state index contributed by atoms with van der Waals surface area (Å²) < 4.78 is 22.5. The van der Waals surface area contributed by atoms with Crippen LogP contribution in [0.25, 0.3) is 11.1 Å². The van der Waals surface area contributed by atoms with Gasteiger partial charge in [0.15, 0.2) is 0 Å². The number of rotatable bonds is 2. The lowest BCUT2D eigenvalue weighted by Gasteiger charge is -2.05. The third kappa shape index (κ3) is 2.80. The Morgan fingerprint density at radius 2 is 1.65 bits per heavy atom. The van der Waals surface area contributed by atoms with E-state index in [-0.39, 0.29) is 4.90 Å². The molecule has 88 valence electrons. The van der Waals surface area contributed by atoms with Crippen molar-refractivity contribution in [2.45, 2.75) is 4.90 Å². The zero-order chi connectivity index (χ0) is 12.5. The molecule has 0 heterocycles. The van der Waals surface area contributed by atoms with Gasteiger partial charge in [-0.2, -0.15) is 0 Å². The van der Waals surface area contributed by atoms with Crippen molar-refractivity contribution < 1.29 is 8.42 Å². The molecule has 5 heteroatoms. The molecule has 2 aromatic rings. The monoisotopic (exact) mass is 286 g/mol. The number of hydrogen-bond donors (Lipinski definition) is 0. The van der Waals surface area contributed by atoms with Crippen molar-refractivity contribution in [3.8, 4) is 11.1 Å². The van der Waals surface area contributed by atoms with E-state index < -0.39 is 9.05 Å². The molecular weight excluding hydrogens is 279 g/mol. The molecule has 0 aliphatic rings. The molecule has 0 radical (unpaired) electrons. The first-order valence-corrected chi connectivity index (χ1v) is 7.47. The molecule has 0 bridgehead atoms. The quantitative estimate of drug-likeness (QED) is 0.784. The number of benzene rings is 2. The second-order valence-electron chi connectivity index (χ2n) is 3.45. The van der Waals surface area contributed by atoms with Crippen LogP contribution < -0.4 is 0 Å². The lowest BCUT2D eigenvalue weighted by molar-refractivity contribution is 0.609. The Hall–Kier alpha value is -1.03. The predicted molar refractivity (Wildman–Crippen MR) is 69.9 cm³/mol. The van der Waals surface area contributed by atoms with Gasteiger partial charge < -0.3 is 0 Å². The molecule has 2 rings (SSSR count). The molecule has 2 aromatic carbocycles. The van der Waals surface area contributed by atoms with Crippen LogP contribution in [0.4, 0.5) is 0 Å². The molecule has 0 spiro atoms. The van der Waals surface area contributed by atoms with Crippen LogP contribution in [0.5, 0.6) is 0 Å². The fourth-order valence-corrected chi connectivity index (χ4v) is 2.55. The van der Waals surface area contributed by atoms with Gasteiger partial charge in [-0.05, 0) is 23.8 Å². The molecule has 17 heavy (non-hydrogen) atoms. The highest BCUT2D eigenvalue weighted by Crippen LogP contribution is 2.29. The van der Waals surface area contributed by atoms with E-state index in [1.165, 1.54) is 12.1 Å². The highest BCUT2D eigenvalue weighted by Gasteiger charge is 2.11. The standard InChI is InChI=1S/C12H8Cl2O2S/c13-12-7-2-1-6-11(12)9-4-3-5-10(8-9)17(14,15)16/h1-8H. The Kier molecular flexibility index (Phi) is 3.43. The second-order valence-corrected chi connectivity index (χ2v) is 6.42. The van der Waals surface area contributed by atoms with Crippen LogP contribution in [0.2, 0.25) is 5.02 Å². The molecule has 0 atom stereocenters. The molecule has 0 N–H and O–H groups in total. The van der Waals surface area contributed by atoms with Gasteiger partial charge in [0.25, 0.3) is 9.05 Å². The highest BCUT2D eigenvalue weighted by atomic mass is 35.7. The maximum atomic E-state index is 11.2. The Morgan fingerprint density at radius 3 is 2.29 bits per heavy atom. The van der Waals surface area contributed by atoms with Crippen molar-refractivity contribution in [3.63, 3.8) is 0 Å². The summed E-state index contributed by atoms with van der Waals surface area (Å²) in [5.74, 6) is 0. The number of hydrogen-bond acceptors (Lipinski definition) is 2. The van der Waals surface area contributed by atoms with Crippen LogP contribution >= 0.6 is 22.3 Å². The maximum Gasteiger partial charge on any atom is 0.261 e. The molecule has 0 amide bonds. The van der Waals surface area contributed by atoms with Gasteiger partial charge >= 0.3 is 0 Å². The zero-order valence-corrected chi connectivity index (χ0v) is 10.9. The lowest BCUT2D eigenvalue weighted by atomic mass is 10.1. The molecule has 0 aliphatic carbocycles. The fourth-order valence-electron chi connectivity index (χ4n) is 1.51. The van der Waals surface area contributed by atoms with Gasteiger partial charge in [0.1, 0.15) is 0 Å². The highest BCUT2D eigenvalue weighted by molar-refractivity contribution is 8.13. The smallest absolute Gasteiger partial charge is 0.207 e. The average Bonchev–Trinajstić information content (AvgIpc) is 2.29. The molecule has 0 fully saturated rings. The summed E-state index contributed by atoms with van der Waals surface area (Å²) >= 11 is 6.04. The van der Waals surface area contributed by atoms with E-state index in [9.17, 15) is 8.42 Å². The first kappa shape index (κ1) is 12.4. The van der Waals surface area contributed by atoms with E-state index in [1.54, 1.807) is 18.2 Å². The van der Waals surface area contributed by atoms with Gasteiger partial charge in [0.2, 0.25) is 0 Å². The van der Waals surface area contributed by atoms with E-state index in [4.69, 9.17) is 22.3 Å².